The maximum Gasteiger partial charge on any atom is 0.334 e. The molecule has 0 aromatic carbocycles. The van der Waals surface area contributed by atoms with E-state index in [0.29, 0.717) is 35.5 Å². The molecule has 0 saturated heterocycles. The number of nitrogens with zero attached hydrogens (tertiary/aromatic N) is 1. The zero-order valence-corrected chi connectivity index (χ0v) is 19.7. The number of halogens is 2. The highest BCUT2D eigenvalue weighted by molar-refractivity contribution is 7.11. The third kappa shape index (κ3) is 5.93. The van der Waals surface area contributed by atoms with Gasteiger partial charge in [0.1, 0.15) is 12.3 Å². The van der Waals surface area contributed by atoms with Crippen LogP contribution in [0.3, 0.4) is 0 Å². The molecule has 0 radical (unpaired) electrons. The first-order valence-electron chi connectivity index (χ1n) is 10.1. The number of carbonyl (C=O) groups is 4. The second kappa shape index (κ2) is 12.1. The molecule has 11 heteroatoms. The number of imide groups is 1. The third-order valence-corrected chi connectivity index (χ3v) is 6.34. The van der Waals surface area contributed by atoms with Gasteiger partial charge in [-0.2, -0.15) is 4.39 Å². The molecule has 0 spiro atoms. The van der Waals surface area contributed by atoms with Crippen molar-refractivity contribution in [3.05, 3.63) is 26.2 Å². The van der Waals surface area contributed by atoms with Gasteiger partial charge < -0.3 is 14.2 Å². The summed E-state index contributed by atoms with van der Waals surface area (Å²) >= 11 is 6.85. The lowest BCUT2D eigenvalue weighted by molar-refractivity contribution is -0.141. The van der Waals surface area contributed by atoms with Crippen LogP contribution in [0.5, 0.6) is 0 Å². The Hall–Kier alpha value is -2.30. The van der Waals surface area contributed by atoms with Gasteiger partial charge in [0.15, 0.2) is 0 Å². The summed E-state index contributed by atoms with van der Waals surface area (Å²) in [6, 6.07) is 0. The SMILES string of the molecule is CCC(=O)N(C(=O)C1=C(C(=O)OCCOC)CCCC1)c1c(F)sc(CC(=O)OC)c1Cl. The number of anilines is 1. The minimum atomic E-state index is -0.885. The minimum absolute atomic E-state index is 0.0137. The van der Waals surface area contributed by atoms with Gasteiger partial charge in [-0.1, -0.05) is 18.5 Å². The Morgan fingerprint density at radius 2 is 1.75 bits per heavy atom. The van der Waals surface area contributed by atoms with Crippen LogP contribution in [-0.2, 0) is 39.8 Å². The van der Waals surface area contributed by atoms with Crippen LogP contribution >= 0.6 is 22.9 Å². The van der Waals surface area contributed by atoms with Crippen molar-refractivity contribution >= 4 is 52.4 Å². The first-order valence-corrected chi connectivity index (χ1v) is 11.2. The fourth-order valence-electron chi connectivity index (χ4n) is 3.23. The van der Waals surface area contributed by atoms with Crippen molar-refractivity contribution in [2.75, 3.05) is 32.3 Å². The Kier molecular flexibility index (Phi) is 9.80. The highest BCUT2D eigenvalue weighted by atomic mass is 35.5. The van der Waals surface area contributed by atoms with Crippen LogP contribution in [0.25, 0.3) is 0 Å². The van der Waals surface area contributed by atoms with Crippen molar-refractivity contribution in [1.82, 2.24) is 0 Å². The summed E-state index contributed by atoms with van der Waals surface area (Å²) in [6.45, 7) is 1.73. The Morgan fingerprint density at radius 1 is 1.09 bits per heavy atom. The van der Waals surface area contributed by atoms with Crippen LogP contribution in [0.2, 0.25) is 5.02 Å². The van der Waals surface area contributed by atoms with Crippen molar-refractivity contribution in [3.63, 3.8) is 0 Å². The second-order valence-electron chi connectivity index (χ2n) is 6.90. The third-order valence-electron chi connectivity index (χ3n) is 4.86. The van der Waals surface area contributed by atoms with Gasteiger partial charge in [-0.15, -0.1) is 11.3 Å². The Bertz CT molecular complexity index is 927. The molecular weight excluding hydrogens is 465 g/mol. The van der Waals surface area contributed by atoms with E-state index in [4.69, 9.17) is 21.1 Å². The first-order chi connectivity index (χ1) is 15.3. The summed E-state index contributed by atoms with van der Waals surface area (Å²) in [6.07, 6.45) is 1.42. The van der Waals surface area contributed by atoms with Crippen LogP contribution in [0.15, 0.2) is 11.1 Å². The van der Waals surface area contributed by atoms with Crippen LogP contribution in [0.4, 0.5) is 10.1 Å². The number of amides is 2. The molecule has 0 N–H and O–H groups in total. The molecule has 8 nitrogen and oxygen atoms in total. The molecule has 0 atom stereocenters. The van der Waals surface area contributed by atoms with Crippen LogP contribution in [0.1, 0.15) is 43.9 Å². The summed E-state index contributed by atoms with van der Waals surface area (Å²) in [5.74, 6) is -2.82. The summed E-state index contributed by atoms with van der Waals surface area (Å²) in [4.78, 5) is 51.1. The number of hydrogen-bond donors (Lipinski definition) is 0. The fraction of sp³-hybridized carbons (Fsp3) is 0.524. The summed E-state index contributed by atoms with van der Waals surface area (Å²) in [5, 5.41) is -1.10. The number of rotatable bonds is 9. The summed E-state index contributed by atoms with van der Waals surface area (Å²) in [7, 11) is 2.64. The number of carbonyl (C=O) groups excluding carboxylic acids is 4. The number of thiophene rings is 1. The molecule has 32 heavy (non-hydrogen) atoms. The molecule has 1 aromatic heterocycles. The van der Waals surface area contributed by atoms with E-state index in [1.165, 1.54) is 21.1 Å². The van der Waals surface area contributed by atoms with Gasteiger partial charge in [0, 0.05) is 29.6 Å². The topological polar surface area (TPSA) is 99.2 Å². The highest BCUT2D eigenvalue weighted by Gasteiger charge is 2.35. The molecule has 1 heterocycles. The van der Waals surface area contributed by atoms with Gasteiger partial charge in [-0.05, 0) is 25.7 Å². The highest BCUT2D eigenvalue weighted by Crippen LogP contribution is 2.41. The van der Waals surface area contributed by atoms with E-state index in [2.05, 4.69) is 4.74 Å². The minimum Gasteiger partial charge on any atom is -0.469 e. The standard InChI is InChI=1S/C21H25ClFNO7S/c1-4-15(25)24(18-17(22)14(32-19(18)23)11-16(26)30-3)20(27)12-7-5-6-8-13(12)21(28)31-10-9-29-2/h4-11H2,1-3H3. The van der Waals surface area contributed by atoms with Gasteiger partial charge in [0.05, 0.1) is 25.2 Å². The molecule has 0 bridgehead atoms. The average molecular weight is 490 g/mol. The number of methoxy groups -OCH3 is 2. The lowest BCUT2D eigenvalue weighted by Crippen LogP contribution is -2.39. The summed E-state index contributed by atoms with van der Waals surface area (Å²) < 4.78 is 29.5. The van der Waals surface area contributed by atoms with Gasteiger partial charge >= 0.3 is 11.9 Å². The zero-order valence-electron chi connectivity index (χ0n) is 18.1. The lowest BCUT2D eigenvalue weighted by Gasteiger charge is -2.25. The van der Waals surface area contributed by atoms with E-state index in [1.807, 2.05) is 0 Å². The molecule has 0 aliphatic heterocycles. The van der Waals surface area contributed by atoms with Crippen molar-refractivity contribution < 1.29 is 37.8 Å². The normalized spacial score (nSPS) is 13.7. The van der Waals surface area contributed by atoms with Crippen LogP contribution in [-0.4, -0.2) is 51.2 Å². The summed E-state index contributed by atoms with van der Waals surface area (Å²) in [5.41, 5.74) is -0.165. The molecule has 1 aliphatic rings. The molecule has 0 fully saturated rings. The molecule has 0 unspecified atom stereocenters. The van der Waals surface area contributed by atoms with E-state index in [1.54, 1.807) is 0 Å². The Balaban J connectivity index is 2.49. The first kappa shape index (κ1) is 26.0. The van der Waals surface area contributed by atoms with E-state index in [-0.39, 0.29) is 53.5 Å². The van der Waals surface area contributed by atoms with Crippen molar-refractivity contribution in [3.8, 4) is 0 Å². The van der Waals surface area contributed by atoms with E-state index < -0.39 is 34.6 Å². The van der Waals surface area contributed by atoms with E-state index in [0.717, 1.165) is 0 Å². The van der Waals surface area contributed by atoms with Gasteiger partial charge in [-0.25, -0.2) is 9.69 Å². The van der Waals surface area contributed by atoms with Gasteiger partial charge in [-0.3, -0.25) is 14.4 Å². The van der Waals surface area contributed by atoms with Crippen molar-refractivity contribution in [1.29, 1.82) is 0 Å². The predicted octanol–water partition coefficient (Wildman–Crippen LogP) is 3.59. The van der Waals surface area contributed by atoms with E-state index in [9.17, 15) is 23.6 Å². The molecular formula is C21H25ClFNO7S. The quantitative estimate of drug-likeness (QED) is 0.386. The van der Waals surface area contributed by atoms with E-state index >= 15 is 0 Å². The molecule has 2 amide bonds. The van der Waals surface area contributed by atoms with Gasteiger partial charge in [0.2, 0.25) is 11.0 Å². The number of esters is 2. The molecule has 0 saturated carbocycles. The fourth-order valence-corrected chi connectivity index (χ4v) is 4.52. The number of ether oxygens (including phenoxy) is 3. The smallest absolute Gasteiger partial charge is 0.334 e. The van der Waals surface area contributed by atoms with Crippen LogP contribution < -0.4 is 4.90 Å². The number of hydrogen-bond acceptors (Lipinski definition) is 8. The molecule has 1 aliphatic carbocycles. The van der Waals surface area contributed by atoms with Crippen molar-refractivity contribution in [2.45, 2.75) is 45.4 Å². The molecule has 2 rings (SSSR count). The molecule has 1 aromatic rings. The maximum absolute atomic E-state index is 14.9. The predicted molar refractivity (Wildman–Crippen MR) is 116 cm³/mol. The Morgan fingerprint density at radius 3 is 2.34 bits per heavy atom. The monoisotopic (exact) mass is 489 g/mol. The Labute approximate surface area is 194 Å². The second-order valence-corrected chi connectivity index (χ2v) is 8.33. The average Bonchev–Trinajstić information content (AvgIpc) is 3.06. The molecule has 176 valence electrons. The van der Waals surface area contributed by atoms with Crippen molar-refractivity contribution in [2.24, 2.45) is 0 Å². The van der Waals surface area contributed by atoms with Gasteiger partial charge in [0.25, 0.3) is 5.91 Å². The maximum atomic E-state index is 14.9. The zero-order chi connectivity index (χ0) is 23.8. The largest absolute Gasteiger partial charge is 0.469 e. The lowest BCUT2D eigenvalue weighted by atomic mass is 9.90. The van der Waals surface area contributed by atoms with Crippen LogP contribution in [0, 0.1) is 5.13 Å².